The minimum Gasteiger partial charge on any atom is -0.478 e. The Morgan fingerprint density at radius 2 is 1.89 bits per heavy atom. The Kier molecular flexibility index (Phi) is 8.37. The van der Waals surface area contributed by atoms with Gasteiger partial charge in [-0.2, -0.15) is 4.68 Å². The molecule has 5 aromatic rings. The van der Waals surface area contributed by atoms with E-state index in [9.17, 15) is 19.5 Å². The van der Waals surface area contributed by atoms with Crippen LogP contribution in [0.5, 0.6) is 0 Å². The molecule has 0 bridgehead atoms. The molecule has 1 N–H and O–H groups in total. The highest BCUT2D eigenvalue weighted by atomic mass is 19.1. The van der Waals surface area contributed by atoms with Gasteiger partial charge in [-0.25, -0.2) is 23.9 Å². The summed E-state index contributed by atoms with van der Waals surface area (Å²) in [4.78, 5) is 50.9. The van der Waals surface area contributed by atoms with Crippen LogP contribution in [0.3, 0.4) is 0 Å². The quantitative estimate of drug-likeness (QED) is 0.234. The van der Waals surface area contributed by atoms with Crippen molar-refractivity contribution in [3.05, 3.63) is 90.0 Å². The van der Waals surface area contributed by atoms with Crippen LogP contribution < -0.4 is 4.90 Å². The highest BCUT2D eigenvalue weighted by Crippen LogP contribution is 2.34. The highest BCUT2D eigenvalue weighted by Gasteiger charge is 2.36. The van der Waals surface area contributed by atoms with Crippen molar-refractivity contribution in [1.29, 1.82) is 0 Å². The van der Waals surface area contributed by atoms with Crippen LogP contribution in [0, 0.1) is 5.82 Å². The summed E-state index contributed by atoms with van der Waals surface area (Å²) < 4.78 is 23.0. The number of hydrogen-bond donors (Lipinski definition) is 1. The molecule has 12 nitrogen and oxygen atoms in total. The van der Waals surface area contributed by atoms with Crippen molar-refractivity contribution in [3.8, 4) is 5.69 Å². The van der Waals surface area contributed by atoms with Gasteiger partial charge in [0.1, 0.15) is 22.8 Å². The zero-order valence-electron chi connectivity index (χ0n) is 26.0. The average molecular weight is 638 g/mol. The van der Waals surface area contributed by atoms with E-state index < -0.39 is 35.4 Å². The maximum Gasteiger partial charge on any atom is 0.410 e. The number of likely N-dealkylation sites (tertiary alicyclic amines) is 1. The number of amides is 2. The summed E-state index contributed by atoms with van der Waals surface area (Å²) in [6.07, 6.45) is 6.08. The van der Waals surface area contributed by atoms with Gasteiger partial charge in [0.05, 0.1) is 17.3 Å². The maximum absolute atomic E-state index is 16.0. The molecule has 1 aliphatic rings. The summed E-state index contributed by atoms with van der Waals surface area (Å²) >= 11 is 0. The third-order valence-corrected chi connectivity index (χ3v) is 7.71. The van der Waals surface area contributed by atoms with Gasteiger partial charge in [-0.15, -0.1) is 5.10 Å². The van der Waals surface area contributed by atoms with Gasteiger partial charge in [-0.3, -0.25) is 9.69 Å². The van der Waals surface area contributed by atoms with Crippen LogP contribution in [0.2, 0.25) is 0 Å². The number of carboxylic acids is 1. The van der Waals surface area contributed by atoms with E-state index in [0.29, 0.717) is 52.6 Å². The predicted molar refractivity (Wildman–Crippen MR) is 173 cm³/mol. The maximum atomic E-state index is 16.0. The third-order valence-electron chi connectivity index (χ3n) is 7.71. The minimum atomic E-state index is -1.14. The standard InChI is InChI=1S/C34H32FN7O5/c1-34(2,3)47-33(46)40-18-6-9-24(20-40)41(31-29-21(11-14-28(43)44)7-4-8-22(29)15-17-37-31)32(45)25-13-12-23(19-26(25)35)42-30-27(38-39-42)10-5-16-36-30/h4-5,7-8,10-17,19,24H,6,9,18,20H2,1-3H3,(H,43,44)/b14-11+/t24-/m1/s1. The number of pyridine rings is 2. The molecule has 3 aromatic heterocycles. The van der Waals surface area contributed by atoms with E-state index in [1.54, 1.807) is 74.5 Å². The second-order valence-corrected chi connectivity index (χ2v) is 12.2. The number of aliphatic carboxylic acids is 1. The number of carbonyl (C=O) groups is 3. The van der Waals surface area contributed by atoms with E-state index in [1.807, 2.05) is 6.07 Å². The number of rotatable bonds is 6. The fourth-order valence-electron chi connectivity index (χ4n) is 5.69. The van der Waals surface area contributed by atoms with E-state index in [4.69, 9.17) is 4.74 Å². The van der Waals surface area contributed by atoms with Gasteiger partial charge >= 0.3 is 12.1 Å². The van der Waals surface area contributed by atoms with Gasteiger partial charge < -0.3 is 14.7 Å². The summed E-state index contributed by atoms with van der Waals surface area (Å²) in [7, 11) is 0. The summed E-state index contributed by atoms with van der Waals surface area (Å²) in [6.45, 7) is 5.87. The molecule has 2 aromatic carbocycles. The van der Waals surface area contributed by atoms with Crippen LogP contribution in [0.25, 0.3) is 33.7 Å². The van der Waals surface area contributed by atoms with E-state index >= 15 is 4.39 Å². The summed E-state index contributed by atoms with van der Waals surface area (Å²) in [5, 5.41) is 18.7. The van der Waals surface area contributed by atoms with E-state index in [2.05, 4.69) is 20.3 Å². The molecule has 13 heteroatoms. The van der Waals surface area contributed by atoms with Crippen molar-refractivity contribution in [1.82, 2.24) is 29.9 Å². The number of carbonyl (C=O) groups excluding carboxylic acids is 2. The molecule has 6 rings (SSSR count). The van der Waals surface area contributed by atoms with Crippen LogP contribution in [0.1, 0.15) is 49.5 Å². The molecule has 47 heavy (non-hydrogen) atoms. The summed E-state index contributed by atoms with van der Waals surface area (Å²) in [5.41, 5.74) is 0.840. The number of nitrogens with zero attached hydrogens (tertiary/aromatic N) is 7. The first-order valence-electron chi connectivity index (χ1n) is 15.1. The number of benzene rings is 2. The van der Waals surface area contributed by atoms with Crippen LogP contribution in [-0.4, -0.2) is 77.7 Å². The molecule has 0 unspecified atom stereocenters. The number of ether oxygens (including phenoxy) is 1. The average Bonchev–Trinajstić information content (AvgIpc) is 3.47. The van der Waals surface area contributed by atoms with Gasteiger partial charge in [0, 0.05) is 43.0 Å². The molecule has 4 heterocycles. The molecule has 2 amide bonds. The summed E-state index contributed by atoms with van der Waals surface area (Å²) in [6, 6.07) is 14.0. The number of aromatic nitrogens is 5. The topological polar surface area (TPSA) is 144 Å². The van der Waals surface area contributed by atoms with Gasteiger partial charge in [0.2, 0.25) is 0 Å². The lowest BCUT2D eigenvalue weighted by Gasteiger charge is -2.39. The van der Waals surface area contributed by atoms with Crippen molar-refractivity contribution >= 4 is 51.8 Å². The van der Waals surface area contributed by atoms with E-state index in [-0.39, 0.29) is 17.9 Å². The number of piperidine rings is 1. The van der Waals surface area contributed by atoms with Crippen LogP contribution >= 0.6 is 0 Å². The molecule has 0 radical (unpaired) electrons. The van der Waals surface area contributed by atoms with Crippen molar-refractivity contribution in [2.24, 2.45) is 0 Å². The summed E-state index contributed by atoms with van der Waals surface area (Å²) in [5.74, 6) is -2.41. The Bertz CT molecular complexity index is 2030. The second kappa shape index (κ2) is 12.6. The number of hydrogen-bond acceptors (Lipinski definition) is 8. The first-order chi connectivity index (χ1) is 22.5. The fraction of sp³-hybridized carbons (Fsp3) is 0.265. The third kappa shape index (κ3) is 6.50. The predicted octanol–water partition coefficient (Wildman–Crippen LogP) is 5.65. The lowest BCUT2D eigenvalue weighted by atomic mass is 9.99. The Labute approximate surface area is 269 Å². The molecule has 1 saturated heterocycles. The molecule has 0 saturated carbocycles. The number of halogens is 1. The molecular weight excluding hydrogens is 605 g/mol. The van der Waals surface area contributed by atoms with Crippen molar-refractivity contribution < 1.29 is 28.6 Å². The lowest BCUT2D eigenvalue weighted by Crippen LogP contribution is -2.53. The number of fused-ring (bicyclic) bond motifs is 2. The largest absolute Gasteiger partial charge is 0.478 e. The molecule has 1 atom stereocenters. The van der Waals surface area contributed by atoms with Crippen LogP contribution in [0.4, 0.5) is 15.0 Å². The van der Waals surface area contributed by atoms with Crippen LogP contribution in [0.15, 0.2) is 73.1 Å². The van der Waals surface area contributed by atoms with Crippen LogP contribution in [-0.2, 0) is 9.53 Å². The SMILES string of the molecule is CC(C)(C)OC(=O)N1CCC[C@@H](N(C(=O)c2ccc(-n3nnc4cccnc43)cc2F)c2nccc3cccc(/C=C/C(=O)O)c23)C1. The van der Waals surface area contributed by atoms with Gasteiger partial charge in [-0.05, 0) is 81.0 Å². The lowest BCUT2D eigenvalue weighted by molar-refractivity contribution is -0.131. The molecule has 1 aliphatic heterocycles. The number of carboxylic acid groups (broad SMARTS) is 1. The van der Waals surface area contributed by atoms with E-state index in [1.165, 1.54) is 27.8 Å². The Balaban J connectivity index is 1.46. The fourth-order valence-corrected chi connectivity index (χ4v) is 5.69. The zero-order chi connectivity index (χ0) is 33.3. The molecule has 1 fully saturated rings. The smallest absolute Gasteiger partial charge is 0.410 e. The first kappa shape index (κ1) is 31.3. The zero-order valence-corrected chi connectivity index (χ0v) is 26.0. The first-order valence-corrected chi connectivity index (χ1v) is 15.1. The monoisotopic (exact) mass is 637 g/mol. The molecular formula is C34H32FN7O5. The Morgan fingerprint density at radius 1 is 1.06 bits per heavy atom. The Hall–Kier alpha value is -5.72. The van der Waals surface area contributed by atoms with Gasteiger partial charge in [0.25, 0.3) is 5.91 Å². The van der Waals surface area contributed by atoms with E-state index in [0.717, 1.165) is 6.08 Å². The van der Waals surface area contributed by atoms with Crippen molar-refractivity contribution in [3.63, 3.8) is 0 Å². The molecule has 0 aliphatic carbocycles. The molecule has 240 valence electrons. The second-order valence-electron chi connectivity index (χ2n) is 12.2. The molecule has 0 spiro atoms. The van der Waals surface area contributed by atoms with Crippen molar-refractivity contribution in [2.45, 2.75) is 45.3 Å². The number of anilines is 1. The van der Waals surface area contributed by atoms with Crippen molar-refractivity contribution in [2.75, 3.05) is 18.0 Å². The normalized spacial score (nSPS) is 15.3. The van der Waals surface area contributed by atoms with Gasteiger partial charge in [-0.1, -0.05) is 23.4 Å². The highest BCUT2D eigenvalue weighted by molar-refractivity contribution is 6.12. The Morgan fingerprint density at radius 3 is 2.66 bits per heavy atom. The minimum absolute atomic E-state index is 0.113. The van der Waals surface area contributed by atoms with Gasteiger partial charge in [0.15, 0.2) is 5.65 Å².